The number of methoxy groups -OCH3 is 1. The van der Waals surface area contributed by atoms with Crippen molar-refractivity contribution >= 4 is 22.4 Å². The summed E-state index contributed by atoms with van der Waals surface area (Å²) in [5, 5.41) is 11.0. The molecule has 2 aromatic heterocycles. The predicted molar refractivity (Wildman–Crippen MR) is 73.5 cm³/mol. The molecule has 8 heteroatoms. The fourth-order valence-corrected chi connectivity index (χ4v) is 3.01. The molecule has 1 aliphatic rings. The monoisotopic (exact) mass is 293 g/mol. The molecule has 2 aromatic rings. The molecule has 3 heterocycles. The Morgan fingerprint density at radius 1 is 1.50 bits per heavy atom. The van der Waals surface area contributed by atoms with Gasteiger partial charge in [-0.2, -0.15) is 0 Å². The summed E-state index contributed by atoms with van der Waals surface area (Å²) < 4.78 is 6.69. The van der Waals surface area contributed by atoms with Crippen LogP contribution in [0.15, 0.2) is 11.7 Å². The molecule has 106 valence electrons. The number of nitrogens with zero attached hydrogens (tertiary/aromatic N) is 5. The van der Waals surface area contributed by atoms with Gasteiger partial charge < -0.3 is 14.2 Å². The second-order valence-corrected chi connectivity index (χ2v) is 5.40. The fourth-order valence-electron chi connectivity index (χ4n) is 2.12. The van der Waals surface area contributed by atoms with Gasteiger partial charge in [0.05, 0.1) is 25.8 Å². The van der Waals surface area contributed by atoms with Crippen LogP contribution in [0.3, 0.4) is 0 Å². The first-order chi connectivity index (χ1) is 9.76. The van der Waals surface area contributed by atoms with Crippen LogP contribution < -0.4 is 4.90 Å². The Kier molecular flexibility index (Phi) is 3.64. The minimum atomic E-state index is -0.203. The van der Waals surface area contributed by atoms with E-state index >= 15 is 0 Å². The zero-order chi connectivity index (χ0) is 13.9. The van der Waals surface area contributed by atoms with E-state index in [1.54, 1.807) is 17.7 Å². The standard InChI is InChI=1S/C12H15N5O2S/c1-19-11(18)3-2-9-7-20-12(14-9)16-4-5-17-8-13-15-10(17)6-16/h7-8H,2-6H2,1H3. The van der Waals surface area contributed by atoms with E-state index in [9.17, 15) is 4.79 Å². The maximum atomic E-state index is 11.1. The number of carbonyl (C=O) groups excluding carboxylic acids is 1. The third kappa shape index (κ3) is 2.64. The zero-order valence-electron chi connectivity index (χ0n) is 11.2. The summed E-state index contributed by atoms with van der Waals surface area (Å²) in [5.41, 5.74) is 0.933. The van der Waals surface area contributed by atoms with E-state index < -0.39 is 0 Å². The number of fused-ring (bicyclic) bond motifs is 1. The highest BCUT2D eigenvalue weighted by Crippen LogP contribution is 2.24. The van der Waals surface area contributed by atoms with Crippen LogP contribution in [0.25, 0.3) is 0 Å². The molecule has 0 radical (unpaired) electrons. The number of hydrogen-bond acceptors (Lipinski definition) is 7. The van der Waals surface area contributed by atoms with Crippen molar-refractivity contribution in [2.75, 3.05) is 18.6 Å². The Morgan fingerprint density at radius 3 is 3.25 bits per heavy atom. The molecule has 0 amide bonds. The lowest BCUT2D eigenvalue weighted by atomic mass is 10.2. The van der Waals surface area contributed by atoms with Crippen molar-refractivity contribution < 1.29 is 9.53 Å². The number of carbonyl (C=O) groups is 1. The molecule has 0 unspecified atom stereocenters. The molecular weight excluding hydrogens is 278 g/mol. The first-order valence-corrected chi connectivity index (χ1v) is 7.27. The SMILES string of the molecule is COC(=O)CCc1csc(N2CCn3cnnc3C2)n1. The van der Waals surface area contributed by atoms with Crippen LogP contribution in [-0.4, -0.2) is 39.4 Å². The van der Waals surface area contributed by atoms with Gasteiger partial charge in [-0.25, -0.2) is 4.98 Å². The lowest BCUT2D eigenvalue weighted by Gasteiger charge is -2.26. The maximum absolute atomic E-state index is 11.1. The third-order valence-electron chi connectivity index (χ3n) is 3.26. The normalized spacial score (nSPS) is 14.2. The molecule has 0 saturated heterocycles. The molecule has 0 aliphatic carbocycles. The molecule has 0 N–H and O–H groups in total. The second kappa shape index (κ2) is 5.58. The Labute approximate surface area is 120 Å². The molecule has 0 bridgehead atoms. The molecule has 7 nitrogen and oxygen atoms in total. The minimum absolute atomic E-state index is 0.203. The minimum Gasteiger partial charge on any atom is -0.469 e. The summed E-state index contributed by atoms with van der Waals surface area (Å²) >= 11 is 1.60. The molecule has 1 aliphatic heterocycles. The van der Waals surface area contributed by atoms with Crippen LogP contribution >= 0.6 is 11.3 Å². The van der Waals surface area contributed by atoms with Crippen molar-refractivity contribution in [3.8, 4) is 0 Å². The van der Waals surface area contributed by atoms with E-state index in [-0.39, 0.29) is 5.97 Å². The fraction of sp³-hybridized carbons (Fsp3) is 0.500. The first-order valence-electron chi connectivity index (χ1n) is 6.39. The Hall–Kier alpha value is -1.96. The van der Waals surface area contributed by atoms with Gasteiger partial charge in [0.1, 0.15) is 6.33 Å². The molecule has 20 heavy (non-hydrogen) atoms. The van der Waals surface area contributed by atoms with Crippen molar-refractivity contribution in [2.24, 2.45) is 0 Å². The van der Waals surface area contributed by atoms with E-state index in [0.717, 1.165) is 36.3 Å². The third-order valence-corrected chi connectivity index (χ3v) is 4.21. The summed E-state index contributed by atoms with van der Waals surface area (Å²) in [4.78, 5) is 17.9. The van der Waals surface area contributed by atoms with Gasteiger partial charge in [-0.05, 0) is 0 Å². The molecule has 0 spiro atoms. The van der Waals surface area contributed by atoms with E-state index in [2.05, 4.69) is 29.4 Å². The van der Waals surface area contributed by atoms with Crippen molar-refractivity contribution in [1.82, 2.24) is 19.7 Å². The Morgan fingerprint density at radius 2 is 2.40 bits per heavy atom. The molecule has 3 rings (SSSR count). The average Bonchev–Trinajstić information content (AvgIpc) is 3.12. The summed E-state index contributed by atoms with van der Waals surface area (Å²) in [7, 11) is 1.40. The van der Waals surface area contributed by atoms with Gasteiger partial charge in [0.25, 0.3) is 0 Å². The number of aromatic nitrogens is 4. The highest BCUT2D eigenvalue weighted by Gasteiger charge is 2.20. The number of anilines is 1. The van der Waals surface area contributed by atoms with Gasteiger partial charge in [-0.15, -0.1) is 21.5 Å². The van der Waals surface area contributed by atoms with Crippen LogP contribution in [0.5, 0.6) is 0 Å². The maximum Gasteiger partial charge on any atom is 0.305 e. The molecule has 0 aromatic carbocycles. The van der Waals surface area contributed by atoms with E-state index in [4.69, 9.17) is 0 Å². The van der Waals surface area contributed by atoms with Crippen molar-refractivity contribution in [3.63, 3.8) is 0 Å². The van der Waals surface area contributed by atoms with Crippen molar-refractivity contribution in [2.45, 2.75) is 25.9 Å². The highest BCUT2D eigenvalue weighted by molar-refractivity contribution is 7.13. The Balaban J connectivity index is 1.64. The predicted octanol–water partition coefficient (Wildman–Crippen LogP) is 0.860. The average molecular weight is 293 g/mol. The quantitative estimate of drug-likeness (QED) is 0.779. The number of esters is 1. The lowest BCUT2D eigenvalue weighted by Crippen LogP contribution is -2.33. The van der Waals surface area contributed by atoms with Gasteiger partial charge in [0, 0.05) is 24.9 Å². The van der Waals surface area contributed by atoms with Crippen LogP contribution in [0.2, 0.25) is 0 Å². The van der Waals surface area contributed by atoms with Crippen molar-refractivity contribution in [1.29, 1.82) is 0 Å². The van der Waals surface area contributed by atoms with Gasteiger partial charge in [-0.3, -0.25) is 4.79 Å². The smallest absolute Gasteiger partial charge is 0.305 e. The Bertz CT molecular complexity index is 609. The second-order valence-electron chi connectivity index (χ2n) is 4.56. The number of thiazole rings is 1. The van der Waals surface area contributed by atoms with Crippen molar-refractivity contribution in [3.05, 3.63) is 23.2 Å². The topological polar surface area (TPSA) is 73.1 Å². The van der Waals surface area contributed by atoms with Gasteiger partial charge in [0.15, 0.2) is 11.0 Å². The van der Waals surface area contributed by atoms with E-state index in [1.165, 1.54) is 7.11 Å². The van der Waals surface area contributed by atoms with Crippen LogP contribution in [0.1, 0.15) is 17.9 Å². The van der Waals surface area contributed by atoms with E-state index in [1.807, 2.05) is 5.38 Å². The number of aryl methyl sites for hydroxylation is 1. The molecule has 0 atom stereocenters. The molecule has 0 fully saturated rings. The number of hydrogen-bond donors (Lipinski definition) is 0. The van der Waals surface area contributed by atoms with Crippen LogP contribution in [-0.2, 0) is 29.0 Å². The van der Waals surface area contributed by atoms with Gasteiger partial charge >= 0.3 is 5.97 Å². The highest BCUT2D eigenvalue weighted by atomic mass is 32.1. The van der Waals surface area contributed by atoms with E-state index in [0.29, 0.717) is 12.8 Å². The number of rotatable bonds is 4. The van der Waals surface area contributed by atoms with Gasteiger partial charge in [-0.1, -0.05) is 0 Å². The summed E-state index contributed by atoms with van der Waals surface area (Å²) in [6.45, 7) is 2.50. The van der Waals surface area contributed by atoms with Crippen LogP contribution in [0, 0.1) is 0 Å². The molecule has 0 saturated carbocycles. The van der Waals surface area contributed by atoms with Gasteiger partial charge in [0.2, 0.25) is 0 Å². The summed E-state index contributed by atoms with van der Waals surface area (Å²) in [6.07, 6.45) is 2.75. The first kappa shape index (κ1) is 13.0. The number of ether oxygens (including phenoxy) is 1. The largest absolute Gasteiger partial charge is 0.469 e. The van der Waals surface area contributed by atoms with Crippen LogP contribution in [0.4, 0.5) is 5.13 Å². The molecular formula is C12H15N5O2S. The summed E-state index contributed by atoms with van der Waals surface area (Å²) in [6, 6.07) is 0. The summed E-state index contributed by atoms with van der Waals surface area (Å²) in [5.74, 6) is 0.758. The zero-order valence-corrected chi connectivity index (χ0v) is 12.0. The lowest BCUT2D eigenvalue weighted by molar-refractivity contribution is -0.140.